The first kappa shape index (κ1) is 12.5. The molecule has 1 heterocycles. The number of nitrogens with zero attached hydrogens (tertiary/aromatic N) is 1. The summed E-state index contributed by atoms with van der Waals surface area (Å²) in [6.45, 7) is 2.01. The van der Waals surface area contributed by atoms with Gasteiger partial charge in [-0.3, -0.25) is 4.79 Å². The summed E-state index contributed by atoms with van der Waals surface area (Å²) in [5, 5.41) is 0. The second kappa shape index (κ2) is 5.62. The van der Waals surface area contributed by atoms with Crippen LogP contribution in [0.25, 0.3) is 0 Å². The summed E-state index contributed by atoms with van der Waals surface area (Å²) in [7, 11) is 0. The van der Waals surface area contributed by atoms with Gasteiger partial charge in [-0.2, -0.15) is 0 Å². The Hall–Kier alpha value is -0.910. The van der Waals surface area contributed by atoms with E-state index in [9.17, 15) is 4.79 Å². The van der Waals surface area contributed by atoms with Gasteiger partial charge in [0.2, 0.25) is 0 Å². The zero-order valence-electron chi connectivity index (χ0n) is 9.43. The minimum absolute atomic E-state index is 0.0667. The van der Waals surface area contributed by atoms with Gasteiger partial charge in [-0.15, -0.1) is 0 Å². The molecule has 2 N–H and O–H groups in total. The van der Waals surface area contributed by atoms with Gasteiger partial charge in [0.15, 0.2) is 0 Å². The van der Waals surface area contributed by atoms with Gasteiger partial charge < -0.3 is 9.74 Å². The molecule has 1 aromatic rings. The maximum Gasteiger partial charge on any atom is 0.255 e. The number of benzene rings is 1. The van der Waals surface area contributed by atoms with E-state index in [2.05, 4.69) is 20.8 Å². The molecule has 1 amide bonds. The number of hydrogen-bond acceptors (Lipinski definition) is 3. The average molecular weight is 299 g/mol. The van der Waals surface area contributed by atoms with E-state index in [1.54, 1.807) is 0 Å². The van der Waals surface area contributed by atoms with E-state index in [-0.39, 0.29) is 5.91 Å². The lowest BCUT2D eigenvalue weighted by Crippen LogP contribution is -2.29. The highest BCUT2D eigenvalue weighted by Crippen LogP contribution is 2.22. The van der Waals surface area contributed by atoms with Crippen molar-refractivity contribution in [2.75, 3.05) is 19.7 Å². The minimum atomic E-state index is 0.0667. The smallest absolute Gasteiger partial charge is 0.255 e. The SMILES string of the molecule is NOCC1CCN(C(=O)c2ccccc2Br)C1. The lowest BCUT2D eigenvalue weighted by Gasteiger charge is -2.17. The van der Waals surface area contributed by atoms with E-state index < -0.39 is 0 Å². The summed E-state index contributed by atoms with van der Waals surface area (Å²) in [5.41, 5.74) is 0.710. The van der Waals surface area contributed by atoms with Gasteiger partial charge in [0.1, 0.15) is 0 Å². The van der Waals surface area contributed by atoms with E-state index in [4.69, 9.17) is 5.90 Å². The van der Waals surface area contributed by atoms with Crippen molar-refractivity contribution in [2.45, 2.75) is 6.42 Å². The molecule has 4 nitrogen and oxygen atoms in total. The number of nitrogens with two attached hydrogens (primary N) is 1. The van der Waals surface area contributed by atoms with Crippen LogP contribution in [-0.4, -0.2) is 30.5 Å². The maximum atomic E-state index is 12.2. The van der Waals surface area contributed by atoms with Crippen LogP contribution in [0.1, 0.15) is 16.8 Å². The molecule has 1 atom stereocenters. The first-order valence-electron chi connectivity index (χ1n) is 5.58. The predicted octanol–water partition coefficient (Wildman–Crippen LogP) is 1.80. The number of amides is 1. The van der Waals surface area contributed by atoms with Crippen LogP contribution in [0, 0.1) is 5.92 Å². The Balaban J connectivity index is 2.05. The first-order chi connectivity index (χ1) is 8.22. The van der Waals surface area contributed by atoms with Crippen molar-refractivity contribution in [3.63, 3.8) is 0 Å². The fourth-order valence-corrected chi connectivity index (χ4v) is 2.55. The molecule has 1 saturated heterocycles. The molecule has 1 unspecified atom stereocenters. The minimum Gasteiger partial charge on any atom is -0.338 e. The van der Waals surface area contributed by atoms with Crippen molar-refractivity contribution in [1.29, 1.82) is 0 Å². The lowest BCUT2D eigenvalue weighted by atomic mass is 10.1. The number of carbonyl (C=O) groups is 1. The number of carbonyl (C=O) groups excluding carboxylic acids is 1. The summed E-state index contributed by atoms with van der Waals surface area (Å²) in [6.07, 6.45) is 0.952. The van der Waals surface area contributed by atoms with E-state index >= 15 is 0 Å². The molecule has 0 radical (unpaired) electrons. The zero-order valence-corrected chi connectivity index (χ0v) is 11.0. The molecule has 1 aromatic carbocycles. The number of halogens is 1. The third kappa shape index (κ3) is 2.86. The number of likely N-dealkylation sites (tertiary alicyclic amines) is 1. The van der Waals surface area contributed by atoms with Crippen LogP contribution in [0.15, 0.2) is 28.7 Å². The van der Waals surface area contributed by atoms with Gasteiger partial charge in [-0.25, -0.2) is 5.90 Å². The van der Waals surface area contributed by atoms with Crippen molar-refractivity contribution in [2.24, 2.45) is 11.8 Å². The van der Waals surface area contributed by atoms with Gasteiger partial charge in [0, 0.05) is 23.5 Å². The zero-order chi connectivity index (χ0) is 12.3. The molecule has 0 spiro atoms. The number of rotatable bonds is 3. The Labute approximate surface area is 109 Å². The third-order valence-electron chi connectivity index (χ3n) is 3.01. The Morgan fingerprint density at radius 2 is 2.29 bits per heavy atom. The molecule has 0 bridgehead atoms. The van der Waals surface area contributed by atoms with Crippen LogP contribution in [0.5, 0.6) is 0 Å². The quantitative estimate of drug-likeness (QED) is 0.866. The van der Waals surface area contributed by atoms with E-state index in [1.807, 2.05) is 29.2 Å². The lowest BCUT2D eigenvalue weighted by molar-refractivity contribution is 0.0753. The Bertz CT molecular complexity index is 411. The summed E-state index contributed by atoms with van der Waals surface area (Å²) >= 11 is 3.40. The van der Waals surface area contributed by atoms with E-state index in [0.29, 0.717) is 18.1 Å². The van der Waals surface area contributed by atoms with Crippen molar-refractivity contribution >= 4 is 21.8 Å². The molecule has 1 aliphatic rings. The van der Waals surface area contributed by atoms with Crippen LogP contribution in [0.2, 0.25) is 0 Å². The van der Waals surface area contributed by atoms with Crippen molar-refractivity contribution in [3.8, 4) is 0 Å². The topological polar surface area (TPSA) is 55.6 Å². The summed E-state index contributed by atoms with van der Waals surface area (Å²) in [4.78, 5) is 18.7. The van der Waals surface area contributed by atoms with Crippen molar-refractivity contribution in [3.05, 3.63) is 34.3 Å². The summed E-state index contributed by atoms with van der Waals surface area (Å²) in [5.74, 6) is 5.47. The summed E-state index contributed by atoms with van der Waals surface area (Å²) < 4.78 is 0.837. The molecule has 2 rings (SSSR count). The molecule has 0 aliphatic carbocycles. The Morgan fingerprint density at radius 3 is 3.00 bits per heavy atom. The Kier molecular flexibility index (Phi) is 4.15. The first-order valence-corrected chi connectivity index (χ1v) is 6.37. The standard InChI is InChI=1S/C12H15BrN2O2/c13-11-4-2-1-3-10(11)12(16)15-6-5-9(7-15)8-17-14/h1-4,9H,5-8,14H2. The maximum absolute atomic E-state index is 12.2. The van der Waals surface area contributed by atoms with Gasteiger partial charge in [-0.05, 0) is 34.5 Å². The van der Waals surface area contributed by atoms with Crippen LogP contribution in [-0.2, 0) is 4.84 Å². The molecule has 5 heteroatoms. The second-order valence-electron chi connectivity index (χ2n) is 4.22. The third-order valence-corrected chi connectivity index (χ3v) is 3.70. The molecular formula is C12H15BrN2O2. The van der Waals surface area contributed by atoms with Crippen LogP contribution < -0.4 is 5.90 Å². The predicted molar refractivity (Wildman–Crippen MR) is 68.3 cm³/mol. The largest absolute Gasteiger partial charge is 0.338 e. The fourth-order valence-electron chi connectivity index (χ4n) is 2.09. The summed E-state index contributed by atoms with van der Waals surface area (Å²) in [6, 6.07) is 7.48. The van der Waals surface area contributed by atoms with Crippen LogP contribution in [0.3, 0.4) is 0 Å². The van der Waals surface area contributed by atoms with Gasteiger partial charge >= 0.3 is 0 Å². The molecular weight excluding hydrogens is 284 g/mol. The van der Waals surface area contributed by atoms with Crippen LogP contribution in [0.4, 0.5) is 0 Å². The second-order valence-corrected chi connectivity index (χ2v) is 5.07. The van der Waals surface area contributed by atoms with Crippen molar-refractivity contribution < 1.29 is 9.63 Å². The molecule has 0 aromatic heterocycles. The van der Waals surface area contributed by atoms with Gasteiger partial charge in [0.25, 0.3) is 5.91 Å². The normalized spacial score (nSPS) is 19.6. The molecule has 92 valence electrons. The fraction of sp³-hybridized carbons (Fsp3) is 0.417. The molecule has 17 heavy (non-hydrogen) atoms. The van der Waals surface area contributed by atoms with Gasteiger partial charge in [-0.1, -0.05) is 12.1 Å². The van der Waals surface area contributed by atoms with E-state index in [1.165, 1.54) is 0 Å². The highest BCUT2D eigenvalue weighted by molar-refractivity contribution is 9.10. The average Bonchev–Trinajstić information content (AvgIpc) is 2.78. The van der Waals surface area contributed by atoms with Crippen molar-refractivity contribution in [1.82, 2.24) is 4.90 Å². The molecule has 1 fully saturated rings. The highest BCUT2D eigenvalue weighted by Gasteiger charge is 2.27. The molecule has 0 saturated carbocycles. The highest BCUT2D eigenvalue weighted by atomic mass is 79.9. The van der Waals surface area contributed by atoms with Gasteiger partial charge in [0.05, 0.1) is 12.2 Å². The Morgan fingerprint density at radius 1 is 1.53 bits per heavy atom. The van der Waals surface area contributed by atoms with E-state index in [0.717, 1.165) is 24.0 Å². The monoisotopic (exact) mass is 298 g/mol. The van der Waals surface area contributed by atoms with Crippen LogP contribution >= 0.6 is 15.9 Å². The molecule has 1 aliphatic heterocycles. The number of hydrogen-bond donors (Lipinski definition) is 1.